The number of hydrogen-bond acceptors (Lipinski definition) is 4. The van der Waals surface area contributed by atoms with Gasteiger partial charge in [-0.3, -0.25) is 14.6 Å². The van der Waals surface area contributed by atoms with Crippen molar-refractivity contribution in [3.05, 3.63) is 105 Å². The van der Waals surface area contributed by atoms with E-state index >= 15 is 0 Å². The molecule has 0 fully saturated rings. The summed E-state index contributed by atoms with van der Waals surface area (Å²) >= 11 is 3.37. The van der Waals surface area contributed by atoms with Crippen molar-refractivity contribution in [1.29, 1.82) is 0 Å². The molecule has 144 valence electrons. The Morgan fingerprint density at radius 2 is 1.79 bits per heavy atom. The number of carbonyl (C=O) groups is 1. The van der Waals surface area contributed by atoms with Crippen LogP contribution < -0.4 is 10.9 Å². The molecule has 1 N–H and O–H groups in total. The molecule has 6 nitrogen and oxygen atoms in total. The second kappa shape index (κ2) is 8.36. The lowest BCUT2D eigenvalue weighted by Crippen LogP contribution is -2.29. The second-order valence-electron chi connectivity index (χ2n) is 6.47. The molecule has 2 aromatic carbocycles. The molecule has 0 atom stereocenters. The summed E-state index contributed by atoms with van der Waals surface area (Å²) in [6, 6.07) is 20.0. The molecule has 0 aliphatic heterocycles. The van der Waals surface area contributed by atoms with Gasteiger partial charge in [0.1, 0.15) is 0 Å². The summed E-state index contributed by atoms with van der Waals surface area (Å²) in [7, 11) is 0. The van der Waals surface area contributed by atoms with Gasteiger partial charge in [-0.05, 0) is 36.4 Å². The number of hydrogen-bond donors (Lipinski definition) is 1. The van der Waals surface area contributed by atoms with E-state index in [9.17, 15) is 9.59 Å². The highest BCUT2D eigenvalue weighted by molar-refractivity contribution is 9.10. The van der Waals surface area contributed by atoms with Crippen LogP contribution in [-0.2, 0) is 13.1 Å². The molecule has 0 saturated carbocycles. The first-order valence-corrected chi connectivity index (χ1v) is 9.83. The zero-order valence-corrected chi connectivity index (χ0v) is 17.0. The molecule has 0 aliphatic carbocycles. The summed E-state index contributed by atoms with van der Waals surface area (Å²) in [5, 5.41) is 8.70. The molecule has 4 rings (SSSR count). The van der Waals surface area contributed by atoms with Gasteiger partial charge in [-0.15, -0.1) is 0 Å². The number of carbonyl (C=O) groups excluding carboxylic acids is 1. The zero-order chi connectivity index (χ0) is 20.2. The standard InChI is InChI=1S/C22H17BrN4O2/c23-16-7-5-6-15(12-16)21(28)25-13-20-18-9-1-2-10-19(18)22(29)27(26-20)14-17-8-3-4-11-24-17/h1-12H,13-14H2,(H,25,28). The number of nitrogens with zero attached hydrogens (tertiary/aromatic N) is 3. The largest absolute Gasteiger partial charge is 0.346 e. The number of benzene rings is 2. The lowest BCUT2D eigenvalue weighted by molar-refractivity contribution is 0.0950. The monoisotopic (exact) mass is 448 g/mol. The summed E-state index contributed by atoms with van der Waals surface area (Å²) in [6.07, 6.45) is 1.68. The van der Waals surface area contributed by atoms with Gasteiger partial charge in [-0.25, -0.2) is 4.68 Å². The van der Waals surface area contributed by atoms with Crippen LogP contribution in [0.1, 0.15) is 21.7 Å². The summed E-state index contributed by atoms with van der Waals surface area (Å²) in [5.41, 5.74) is 1.72. The fourth-order valence-corrected chi connectivity index (χ4v) is 3.48. The molecule has 0 unspecified atom stereocenters. The summed E-state index contributed by atoms with van der Waals surface area (Å²) in [5.74, 6) is -0.209. The van der Waals surface area contributed by atoms with Crippen molar-refractivity contribution in [2.24, 2.45) is 0 Å². The smallest absolute Gasteiger partial charge is 0.275 e. The van der Waals surface area contributed by atoms with Crippen molar-refractivity contribution in [2.75, 3.05) is 0 Å². The topological polar surface area (TPSA) is 76.9 Å². The lowest BCUT2D eigenvalue weighted by atomic mass is 10.1. The zero-order valence-electron chi connectivity index (χ0n) is 15.4. The number of nitrogens with one attached hydrogen (secondary N) is 1. The first kappa shape index (κ1) is 19.0. The van der Waals surface area contributed by atoms with Crippen molar-refractivity contribution >= 4 is 32.6 Å². The Labute approximate surface area is 175 Å². The van der Waals surface area contributed by atoms with E-state index in [1.165, 1.54) is 4.68 Å². The van der Waals surface area contributed by atoms with Crippen LogP contribution in [0.2, 0.25) is 0 Å². The molecule has 1 amide bonds. The average molecular weight is 449 g/mol. The molecule has 4 aromatic rings. The third-order valence-corrected chi connectivity index (χ3v) is 4.98. The minimum atomic E-state index is -0.209. The van der Waals surface area contributed by atoms with Gasteiger partial charge in [0.25, 0.3) is 11.5 Å². The van der Waals surface area contributed by atoms with Crippen molar-refractivity contribution in [3.63, 3.8) is 0 Å². The fourth-order valence-electron chi connectivity index (χ4n) is 3.08. The van der Waals surface area contributed by atoms with E-state index in [1.54, 1.807) is 30.5 Å². The SMILES string of the molecule is O=C(NCc1nn(Cc2ccccn2)c(=O)c2ccccc12)c1cccc(Br)c1. The van der Waals surface area contributed by atoms with E-state index in [0.717, 1.165) is 15.6 Å². The molecule has 0 spiro atoms. The molecular weight excluding hydrogens is 432 g/mol. The Morgan fingerprint density at radius 3 is 2.55 bits per heavy atom. The molecule has 0 radical (unpaired) electrons. The van der Waals surface area contributed by atoms with Gasteiger partial charge in [0, 0.05) is 21.6 Å². The van der Waals surface area contributed by atoms with Gasteiger partial charge in [0.2, 0.25) is 0 Å². The lowest BCUT2D eigenvalue weighted by Gasteiger charge is -2.12. The fraction of sp³-hybridized carbons (Fsp3) is 0.0909. The molecular formula is C22H17BrN4O2. The van der Waals surface area contributed by atoms with Crippen molar-refractivity contribution < 1.29 is 4.79 Å². The highest BCUT2D eigenvalue weighted by atomic mass is 79.9. The van der Waals surface area contributed by atoms with Crippen LogP contribution in [0.5, 0.6) is 0 Å². The molecule has 0 bridgehead atoms. The Morgan fingerprint density at radius 1 is 1.00 bits per heavy atom. The number of halogens is 1. The van der Waals surface area contributed by atoms with Gasteiger partial charge in [-0.1, -0.05) is 46.3 Å². The molecule has 0 aliphatic rings. The van der Waals surface area contributed by atoms with E-state index in [1.807, 2.05) is 42.5 Å². The number of aromatic nitrogens is 3. The third-order valence-electron chi connectivity index (χ3n) is 4.49. The average Bonchev–Trinajstić information content (AvgIpc) is 2.75. The first-order valence-electron chi connectivity index (χ1n) is 9.04. The Hall–Kier alpha value is -3.32. The van der Waals surface area contributed by atoms with Gasteiger partial charge in [0.05, 0.1) is 29.9 Å². The van der Waals surface area contributed by atoms with Crippen LogP contribution >= 0.6 is 15.9 Å². The third kappa shape index (κ3) is 4.25. The molecule has 2 heterocycles. The van der Waals surface area contributed by atoms with Crippen LogP contribution in [0.3, 0.4) is 0 Å². The Kier molecular flexibility index (Phi) is 5.48. The quantitative estimate of drug-likeness (QED) is 0.506. The number of fused-ring (bicyclic) bond motifs is 1. The van der Waals surface area contributed by atoms with Gasteiger partial charge in [-0.2, -0.15) is 5.10 Å². The molecule has 0 saturated heterocycles. The summed E-state index contributed by atoms with van der Waals surface area (Å²) < 4.78 is 2.23. The van der Waals surface area contributed by atoms with Crippen LogP contribution in [0.25, 0.3) is 10.8 Å². The van der Waals surface area contributed by atoms with Gasteiger partial charge < -0.3 is 5.32 Å². The van der Waals surface area contributed by atoms with Crippen LogP contribution in [0.15, 0.2) is 82.2 Å². The Balaban J connectivity index is 1.67. The maximum Gasteiger partial charge on any atom is 0.275 e. The first-order chi connectivity index (χ1) is 14.1. The molecule has 2 aromatic heterocycles. The van der Waals surface area contributed by atoms with Crippen LogP contribution in [0, 0.1) is 0 Å². The maximum absolute atomic E-state index is 12.9. The molecule has 29 heavy (non-hydrogen) atoms. The van der Waals surface area contributed by atoms with E-state index in [-0.39, 0.29) is 24.6 Å². The maximum atomic E-state index is 12.9. The van der Waals surface area contributed by atoms with Crippen molar-refractivity contribution in [2.45, 2.75) is 13.1 Å². The second-order valence-corrected chi connectivity index (χ2v) is 7.38. The normalized spacial score (nSPS) is 10.8. The minimum Gasteiger partial charge on any atom is -0.346 e. The molecule has 7 heteroatoms. The summed E-state index contributed by atoms with van der Waals surface area (Å²) in [4.78, 5) is 29.6. The number of pyridine rings is 1. The highest BCUT2D eigenvalue weighted by Gasteiger charge is 2.13. The number of amides is 1. The van der Waals surface area contributed by atoms with Crippen molar-refractivity contribution in [3.8, 4) is 0 Å². The van der Waals surface area contributed by atoms with E-state index in [2.05, 4.69) is 31.3 Å². The van der Waals surface area contributed by atoms with Gasteiger partial charge in [0.15, 0.2) is 0 Å². The predicted molar refractivity (Wildman–Crippen MR) is 115 cm³/mol. The van der Waals surface area contributed by atoms with E-state index in [4.69, 9.17) is 0 Å². The highest BCUT2D eigenvalue weighted by Crippen LogP contribution is 2.15. The predicted octanol–water partition coefficient (Wildman–Crippen LogP) is 3.53. The van der Waals surface area contributed by atoms with E-state index < -0.39 is 0 Å². The number of rotatable bonds is 5. The minimum absolute atomic E-state index is 0.187. The van der Waals surface area contributed by atoms with E-state index in [0.29, 0.717) is 16.6 Å². The van der Waals surface area contributed by atoms with Crippen LogP contribution in [0.4, 0.5) is 0 Å². The summed E-state index contributed by atoms with van der Waals surface area (Å²) in [6.45, 7) is 0.464. The Bertz CT molecular complexity index is 1240. The van der Waals surface area contributed by atoms with Gasteiger partial charge >= 0.3 is 0 Å². The van der Waals surface area contributed by atoms with Crippen LogP contribution in [-0.4, -0.2) is 20.7 Å². The van der Waals surface area contributed by atoms with Crippen molar-refractivity contribution in [1.82, 2.24) is 20.1 Å².